The van der Waals surface area contributed by atoms with Gasteiger partial charge < -0.3 is 4.57 Å². The lowest BCUT2D eigenvalue weighted by molar-refractivity contribution is 0.0971. The number of nitrogens with zero attached hydrogens (tertiary/aromatic N) is 1. The van der Waals surface area contributed by atoms with Gasteiger partial charge in [-0.3, -0.25) is 4.79 Å². The Hall–Kier alpha value is -0.700. The van der Waals surface area contributed by atoms with Crippen LogP contribution in [0.25, 0.3) is 0 Å². The maximum Gasteiger partial charge on any atom is 0.164 e. The van der Waals surface area contributed by atoms with Gasteiger partial charge in [-0.25, -0.2) is 0 Å². The van der Waals surface area contributed by atoms with Crippen molar-refractivity contribution in [2.45, 2.75) is 64.2 Å². The predicted octanol–water partition coefficient (Wildman–Crippen LogP) is 4.24. The number of carbonyl (C=O) groups is 1. The number of aryl methyl sites for hydroxylation is 1. The Kier molecular flexibility index (Phi) is 4.44. The Balaban J connectivity index is 2.38. The number of ketones is 1. The van der Waals surface area contributed by atoms with Crippen molar-refractivity contribution in [3.8, 4) is 0 Å². The maximum absolute atomic E-state index is 12.0. The van der Waals surface area contributed by atoms with E-state index in [4.69, 9.17) is 0 Å². The van der Waals surface area contributed by atoms with Crippen LogP contribution in [0.4, 0.5) is 0 Å². The van der Waals surface area contributed by atoms with E-state index in [2.05, 4.69) is 37.7 Å². The van der Waals surface area contributed by atoms with Crippen LogP contribution in [0.1, 0.15) is 61.3 Å². The Bertz CT molecular complexity index is 463. The van der Waals surface area contributed by atoms with Gasteiger partial charge in [0.05, 0.1) is 0 Å². The molecule has 0 spiro atoms. The van der Waals surface area contributed by atoms with E-state index in [0.717, 1.165) is 31.4 Å². The summed E-state index contributed by atoms with van der Waals surface area (Å²) in [6, 6.07) is 2.10. The number of rotatable bonds is 5. The molecule has 0 aromatic carbocycles. The van der Waals surface area contributed by atoms with Crippen molar-refractivity contribution in [2.75, 3.05) is 6.26 Å². The summed E-state index contributed by atoms with van der Waals surface area (Å²) in [5.74, 6) is 0.339. The Morgan fingerprint density at radius 1 is 1.32 bits per heavy atom. The number of Topliss-reactive ketones (excluding diaryl/α,β-unsaturated/α-hetero) is 1. The summed E-state index contributed by atoms with van der Waals surface area (Å²) in [5.41, 5.74) is 3.53. The summed E-state index contributed by atoms with van der Waals surface area (Å²) in [7, 11) is 0. The number of carbonyl (C=O) groups excluding carboxylic acids is 1. The van der Waals surface area contributed by atoms with Gasteiger partial charge in [-0.05, 0) is 44.9 Å². The third kappa shape index (κ3) is 2.62. The smallest absolute Gasteiger partial charge is 0.164 e. The summed E-state index contributed by atoms with van der Waals surface area (Å²) in [4.78, 5) is 12.0. The second-order valence-corrected chi connectivity index (χ2v) is 6.88. The lowest BCUT2D eigenvalue weighted by Crippen LogP contribution is -2.30. The van der Waals surface area contributed by atoms with Crippen molar-refractivity contribution < 1.29 is 4.79 Å². The normalized spacial score (nSPS) is 15.7. The molecular formula is C16H25NOS. The van der Waals surface area contributed by atoms with Crippen LogP contribution < -0.4 is 0 Å². The molecule has 0 fully saturated rings. The predicted molar refractivity (Wildman–Crippen MR) is 83.3 cm³/mol. The van der Waals surface area contributed by atoms with Gasteiger partial charge in [0.2, 0.25) is 0 Å². The van der Waals surface area contributed by atoms with E-state index in [0.29, 0.717) is 10.5 Å². The monoisotopic (exact) mass is 279 g/mol. The van der Waals surface area contributed by atoms with E-state index in [1.807, 2.05) is 11.8 Å². The molecule has 3 heteroatoms. The van der Waals surface area contributed by atoms with Crippen LogP contribution in [-0.4, -0.2) is 21.4 Å². The summed E-state index contributed by atoms with van der Waals surface area (Å²) in [6.45, 7) is 7.73. The van der Waals surface area contributed by atoms with Gasteiger partial charge in [-0.1, -0.05) is 13.8 Å². The van der Waals surface area contributed by atoms with Crippen molar-refractivity contribution in [1.29, 1.82) is 0 Å². The SMILES string of the molecule is CCC(CC)(Cn1c(C)cc2c1CCCC2=O)SC. The molecule has 0 aliphatic heterocycles. The van der Waals surface area contributed by atoms with Crippen LogP contribution in [0.2, 0.25) is 0 Å². The molecule has 0 N–H and O–H groups in total. The fraction of sp³-hybridized carbons (Fsp3) is 0.688. The topological polar surface area (TPSA) is 22.0 Å². The van der Waals surface area contributed by atoms with Crippen LogP contribution in [0.15, 0.2) is 6.07 Å². The van der Waals surface area contributed by atoms with Gasteiger partial charge in [0.1, 0.15) is 0 Å². The second kappa shape index (κ2) is 5.74. The van der Waals surface area contributed by atoms with E-state index < -0.39 is 0 Å². The minimum atomic E-state index is 0.304. The van der Waals surface area contributed by atoms with E-state index in [9.17, 15) is 4.79 Å². The van der Waals surface area contributed by atoms with Crippen LogP contribution in [0.3, 0.4) is 0 Å². The molecule has 0 amide bonds. The van der Waals surface area contributed by atoms with Crippen LogP contribution in [0.5, 0.6) is 0 Å². The molecule has 1 aliphatic carbocycles. The third-order valence-corrected chi connectivity index (χ3v) is 6.27. The molecule has 19 heavy (non-hydrogen) atoms. The minimum Gasteiger partial charge on any atom is -0.347 e. The molecule has 1 aromatic rings. The Labute approximate surface area is 121 Å². The zero-order valence-corrected chi connectivity index (χ0v) is 13.4. The maximum atomic E-state index is 12.0. The molecule has 1 aliphatic rings. The minimum absolute atomic E-state index is 0.304. The molecule has 2 rings (SSSR count). The number of fused-ring (bicyclic) bond motifs is 1. The van der Waals surface area contributed by atoms with Gasteiger partial charge in [0.25, 0.3) is 0 Å². The number of hydrogen-bond donors (Lipinski definition) is 0. The first kappa shape index (κ1) is 14.7. The van der Waals surface area contributed by atoms with Crippen molar-refractivity contribution in [1.82, 2.24) is 4.57 Å². The zero-order valence-electron chi connectivity index (χ0n) is 12.6. The molecule has 106 valence electrons. The first-order valence-electron chi connectivity index (χ1n) is 7.34. The van der Waals surface area contributed by atoms with E-state index in [1.165, 1.54) is 24.2 Å². The van der Waals surface area contributed by atoms with Crippen molar-refractivity contribution >= 4 is 17.5 Å². The van der Waals surface area contributed by atoms with Gasteiger partial charge in [0.15, 0.2) is 5.78 Å². The number of aromatic nitrogens is 1. The van der Waals surface area contributed by atoms with E-state index in [-0.39, 0.29) is 0 Å². The molecule has 0 atom stereocenters. The molecule has 1 heterocycles. The summed E-state index contributed by atoms with van der Waals surface area (Å²) < 4.78 is 2.72. The quantitative estimate of drug-likeness (QED) is 0.804. The molecule has 0 radical (unpaired) electrons. The summed E-state index contributed by atoms with van der Waals surface area (Å²) >= 11 is 1.97. The largest absolute Gasteiger partial charge is 0.347 e. The Morgan fingerprint density at radius 2 is 2.00 bits per heavy atom. The van der Waals surface area contributed by atoms with Gasteiger partial charge in [-0.2, -0.15) is 11.8 Å². The van der Waals surface area contributed by atoms with Crippen LogP contribution in [-0.2, 0) is 13.0 Å². The molecule has 0 saturated heterocycles. The molecule has 0 unspecified atom stereocenters. The van der Waals surface area contributed by atoms with Gasteiger partial charge >= 0.3 is 0 Å². The molecule has 0 bridgehead atoms. The van der Waals surface area contributed by atoms with E-state index >= 15 is 0 Å². The highest BCUT2D eigenvalue weighted by atomic mass is 32.2. The first-order valence-corrected chi connectivity index (χ1v) is 8.56. The van der Waals surface area contributed by atoms with Crippen molar-refractivity contribution in [3.05, 3.63) is 23.0 Å². The molecule has 0 saturated carbocycles. The first-order chi connectivity index (χ1) is 9.06. The van der Waals surface area contributed by atoms with E-state index in [1.54, 1.807) is 0 Å². The average Bonchev–Trinajstić information content (AvgIpc) is 2.74. The number of hydrogen-bond acceptors (Lipinski definition) is 2. The van der Waals surface area contributed by atoms with Crippen molar-refractivity contribution in [2.24, 2.45) is 0 Å². The van der Waals surface area contributed by atoms with Gasteiger partial charge in [-0.15, -0.1) is 0 Å². The average molecular weight is 279 g/mol. The van der Waals surface area contributed by atoms with Crippen LogP contribution >= 0.6 is 11.8 Å². The summed E-state index contributed by atoms with van der Waals surface area (Å²) in [5, 5.41) is 0. The van der Waals surface area contributed by atoms with Crippen molar-refractivity contribution in [3.63, 3.8) is 0 Å². The standard InChI is InChI=1S/C16H25NOS/c1-5-16(6-2,19-4)11-17-12(3)10-13-14(17)8-7-9-15(13)18/h10H,5-9,11H2,1-4H3. The molecular weight excluding hydrogens is 254 g/mol. The fourth-order valence-corrected chi connectivity index (χ4v) is 3.96. The highest BCUT2D eigenvalue weighted by Crippen LogP contribution is 2.35. The summed E-state index contributed by atoms with van der Waals surface area (Å²) in [6.07, 6.45) is 7.36. The lowest BCUT2D eigenvalue weighted by atomic mass is 9.96. The number of thioether (sulfide) groups is 1. The fourth-order valence-electron chi connectivity index (χ4n) is 3.13. The molecule has 2 nitrogen and oxygen atoms in total. The third-order valence-electron chi connectivity index (χ3n) is 4.70. The highest BCUT2D eigenvalue weighted by Gasteiger charge is 2.29. The van der Waals surface area contributed by atoms with Gasteiger partial charge in [0, 0.05) is 34.7 Å². The lowest BCUT2D eigenvalue weighted by Gasteiger charge is -2.32. The second-order valence-electron chi connectivity index (χ2n) is 5.60. The van der Waals surface area contributed by atoms with Crippen LogP contribution in [0, 0.1) is 6.92 Å². The Morgan fingerprint density at radius 3 is 2.58 bits per heavy atom. The molecule has 1 aromatic heterocycles. The highest BCUT2D eigenvalue weighted by molar-refractivity contribution is 8.00. The zero-order chi connectivity index (χ0) is 14.0.